The van der Waals surface area contributed by atoms with Crippen LogP contribution in [-0.4, -0.2) is 35.8 Å². The first-order valence-electron chi connectivity index (χ1n) is 8.44. The largest absolute Gasteiger partial charge is 0.353 e. The summed E-state index contributed by atoms with van der Waals surface area (Å²) in [6.45, 7) is 1.21. The Morgan fingerprint density at radius 2 is 1.96 bits per heavy atom. The summed E-state index contributed by atoms with van der Waals surface area (Å²) in [6, 6.07) is 8.06. The third-order valence-corrected chi connectivity index (χ3v) is 5.16. The van der Waals surface area contributed by atoms with Crippen molar-refractivity contribution in [1.82, 2.24) is 10.2 Å². The maximum absolute atomic E-state index is 12.3. The summed E-state index contributed by atoms with van der Waals surface area (Å²) >= 11 is 5.89. The summed E-state index contributed by atoms with van der Waals surface area (Å²) in [6.07, 6.45) is 5.34. The fourth-order valence-corrected chi connectivity index (χ4v) is 3.26. The number of hydrogen-bond donors (Lipinski definition) is 1. The molecule has 0 unspecified atom stereocenters. The summed E-state index contributed by atoms with van der Waals surface area (Å²) < 4.78 is 0. The molecule has 2 aliphatic rings. The highest BCUT2D eigenvalue weighted by Gasteiger charge is 2.31. The monoisotopic (exact) mass is 334 g/mol. The number of amides is 2. The van der Waals surface area contributed by atoms with Crippen LogP contribution in [0.1, 0.15) is 37.7 Å². The standard InChI is InChI=1S/C18H23ClN2O2/c19-15-7-4-13(5-8-15)10-11-21-12-14(6-9-17(21)22)18(23)20-16-2-1-3-16/h4-5,7-8,14,16H,1-3,6,9-12H2,(H,20,23)/t14-/m0/s1. The Labute approximate surface area is 142 Å². The Morgan fingerprint density at radius 1 is 1.22 bits per heavy atom. The van der Waals surface area contributed by atoms with E-state index in [2.05, 4.69) is 5.32 Å². The molecule has 4 nitrogen and oxygen atoms in total. The van der Waals surface area contributed by atoms with Gasteiger partial charge in [-0.3, -0.25) is 9.59 Å². The van der Waals surface area contributed by atoms with Gasteiger partial charge in [0.2, 0.25) is 11.8 Å². The van der Waals surface area contributed by atoms with Crippen molar-refractivity contribution in [2.45, 2.75) is 44.6 Å². The molecule has 5 heteroatoms. The number of piperidine rings is 1. The highest BCUT2D eigenvalue weighted by atomic mass is 35.5. The molecule has 124 valence electrons. The van der Waals surface area contributed by atoms with Gasteiger partial charge in [-0.1, -0.05) is 23.7 Å². The van der Waals surface area contributed by atoms with Gasteiger partial charge in [-0.25, -0.2) is 0 Å². The molecule has 0 spiro atoms. The maximum Gasteiger partial charge on any atom is 0.225 e. The van der Waals surface area contributed by atoms with Crippen LogP contribution in [0.15, 0.2) is 24.3 Å². The predicted molar refractivity (Wildman–Crippen MR) is 90.2 cm³/mol. The second kappa shape index (κ2) is 7.35. The third-order valence-electron chi connectivity index (χ3n) is 4.91. The topological polar surface area (TPSA) is 49.4 Å². The average molecular weight is 335 g/mol. The number of halogens is 1. The Balaban J connectivity index is 1.51. The Hall–Kier alpha value is -1.55. The van der Waals surface area contributed by atoms with Gasteiger partial charge in [-0.05, 0) is 49.8 Å². The molecular weight excluding hydrogens is 312 g/mol. The second-order valence-electron chi connectivity index (χ2n) is 6.59. The van der Waals surface area contributed by atoms with E-state index in [-0.39, 0.29) is 17.7 Å². The number of hydrogen-bond acceptors (Lipinski definition) is 2. The number of carbonyl (C=O) groups is 2. The van der Waals surface area contributed by atoms with Crippen molar-refractivity contribution in [3.05, 3.63) is 34.9 Å². The SMILES string of the molecule is O=C(NC1CCC1)[C@H]1CCC(=O)N(CCc2ccc(Cl)cc2)C1. The normalized spacial score (nSPS) is 21.9. The lowest BCUT2D eigenvalue weighted by atomic mass is 9.91. The van der Waals surface area contributed by atoms with Crippen molar-refractivity contribution in [3.63, 3.8) is 0 Å². The minimum atomic E-state index is -0.0569. The smallest absolute Gasteiger partial charge is 0.225 e. The van der Waals surface area contributed by atoms with Gasteiger partial charge in [0.25, 0.3) is 0 Å². The molecule has 1 N–H and O–H groups in total. The van der Waals surface area contributed by atoms with Gasteiger partial charge in [0.15, 0.2) is 0 Å². The van der Waals surface area contributed by atoms with Gasteiger partial charge >= 0.3 is 0 Å². The van der Waals surface area contributed by atoms with Crippen molar-refractivity contribution in [3.8, 4) is 0 Å². The molecule has 1 heterocycles. The van der Waals surface area contributed by atoms with Crippen LogP contribution in [0.4, 0.5) is 0 Å². The van der Waals surface area contributed by atoms with Crippen LogP contribution in [0.2, 0.25) is 5.02 Å². The zero-order chi connectivity index (χ0) is 16.2. The van der Waals surface area contributed by atoms with E-state index in [1.54, 1.807) is 0 Å². The highest BCUT2D eigenvalue weighted by molar-refractivity contribution is 6.30. The zero-order valence-corrected chi connectivity index (χ0v) is 14.0. The van der Waals surface area contributed by atoms with Crippen LogP contribution >= 0.6 is 11.6 Å². The Kier molecular flexibility index (Phi) is 5.21. The van der Waals surface area contributed by atoms with Gasteiger partial charge in [0.1, 0.15) is 0 Å². The average Bonchev–Trinajstić information content (AvgIpc) is 2.51. The van der Waals surface area contributed by atoms with Crippen molar-refractivity contribution in [1.29, 1.82) is 0 Å². The molecular formula is C18H23ClN2O2. The van der Waals surface area contributed by atoms with Crippen LogP contribution in [0.3, 0.4) is 0 Å². The van der Waals surface area contributed by atoms with E-state index in [0.29, 0.717) is 32.0 Å². The number of nitrogens with one attached hydrogen (secondary N) is 1. The van der Waals surface area contributed by atoms with Crippen molar-refractivity contribution in [2.24, 2.45) is 5.92 Å². The number of carbonyl (C=O) groups excluding carboxylic acids is 2. The van der Waals surface area contributed by atoms with E-state index in [1.807, 2.05) is 29.2 Å². The van der Waals surface area contributed by atoms with Gasteiger partial charge in [0, 0.05) is 30.6 Å². The number of nitrogens with zero attached hydrogens (tertiary/aromatic N) is 1. The molecule has 2 fully saturated rings. The van der Waals surface area contributed by atoms with Gasteiger partial charge in [-0.15, -0.1) is 0 Å². The van der Waals surface area contributed by atoms with Gasteiger partial charge in [0.05, 0.1) is 5.92 Å². The van der Waals surface area contributed by atoms with Crippen molar-refractivity contribution in [2.75, 3.05) is 13.1 Å². The molecule has 23 heavy (non-hydrogen) atoms. The molecule has 1 saturated carbocycles. The van der Waals surface area contributed by atoms with Crippen LogP contribution in [0.25, 0.3) is 0 Å². The molecule has 1 atom stereocenters. The van der Waals surface area contributed by atoms with E-state index >= 15 is 0 Å². The first-order chi connectivity index (χ1) is 11.1. The quantitative estimate of drug-likeness (QED) is 0.900. The highest BCUT2D eigenvalue weighted by Crippen LogP contribution is 2.22. The summed E-state index contributed by atoms with van der Waals surface area (Å²) in [4.78, 5) is 26.2. The second-order valence-corrected chi connectivity index (χ2v) is 7.02. The summed E-state index contributed by atoms with van der Waals surface area (Å²) in [5.74, 6) is 0.226. The van der Waals surface area contributed by atoms with Crippen LogP contribution in [-0.2, 0) is 16.0 Å². The third kappa shape index (κ3) is 4.25. The van der Waals surface area contributed by atoms with Gasteiger partial charge in [-0.2, -0.15) is 0 Å². The molecule has 0 radical (unpaired) electrons. The van der Waals surface area contributed by atoms with Gasteiger partial charge < -0.3 is 10.2 Å². The number of benzene rings is 1. The van der Waals surface area contributed by atoms with Crippen molar-refractivity contribution >= 4 is 23.4 Å². The zero-order valence-electron chi connectivity index (χ0n) is 13.3. The lowest BCUT2D eigenvalue weighted by molar-refractivity contribution is -0.138. The summed E-state index contributed by atoms with van der Waals surface area (Å²) in [5.41, 5.74) is 1.16. The lowest BCUT2D eigenvalue weighted by Gasteiger charge is -2.34. The Bertz CT molecular complexity index is 569. The summed E-state index contributed by atoms with van der Waals surface area (Å²) in [7, 11) is 0. The number of likely N-dealkylation sites (tertiary alicyclic amines) is 1. The van der Waals surface area contributed by atoms with E-state index in [0.717, 1.165) is 29.8 Å². The molecule has 1 aromatic carbocycles. The Morgan fingerprint density at radius 3 is 2.61 bits per heavy atom. The minimum Gasteiger partial charge on any atom is -0.353 e. The molecule has 2 amide bonds. The molecule has 0 aromatic heterocycles. The molecule has 0 bridgehead atoms. The number of rotatable bonds is 5. The fourth-order valence-electron chi connectivity index (χ4n) is 3.13. The molecule has 1 saturated heterocycles. The van der Waals surface area contributed by atoms with E-state index in [9.17, 15) is 9.59 Å². The first kappa shape index (κ1) is 16.3. The maximum atomic E-state index is 12.3. The van der Waals surface area contributed by atoms with Crippen molar-refractivity contribution < 1.29 is 9.59 Å². The van der Waals surface area contributed by atoms with Crippen LogP contribution in [0, 0.1) is 5.92 Å². The van der Waals surface area contributed by atoms with Crippen LogP contribution in [0.5, 0.6) is 0 Å². The predicted octanol–water partition coefficient (Wildman–Crippen LogP) is 2.79. The first-order valence-corrected chi connectivity index (χ1v) is 8.82. The van der Waals surface area contributed by atoms with E-state index in [1.165, 1.54) is 6.42 Å². The molecule has 1 aliphatic carbocycles. The molecule has 1 aromatic rings. The minimum absolute atomic E-state index is 0.0569. The lowest BCUT2D eigenvalue weighted by Crippen LogP contribution is -2.49. The van der Waals surface area contributed by atoms with Crippen LogP contribution < -0.4 is 5.32 Å². The fraction of sp³-hybridized carbons (Fsp3) is 0.556. The van der Waals surface area contributed by atoms with E-state index < -0.39 is 0 Å². The summed E-state index contributed by atoms with van der Waals surface area (Å²) in [5, 5.41) is 3.83. The molecule has 1 aliphatic heterocycles. The van der Waals surface area contributed by atoms with E-state index in [4.69, 9.17) is 11.6 Å². The molecule has 3 rings (SSSR count).